The van der Waals surface area contributed by atoms with Crippen molar-refractivity contribution in [2.45, 2.75) is 85.1 Å². The van der Waals surface area contributed by atoms with Crippen molar-refractivity contribution in [1.82, 2.24) is 29.9 Å². The van der Waals surface area contributed by atoms with Crippen LogP contribution in [0.3, 0.4) is 0 Å². The van der Waals surface area contributed by atoms with Crippen molar-refractivity contribution >= 4 is 11.3 Å². The maximum atomic E-state index is 14.2. The highest BCUT2D eigenvalue weighted by Gasteiger charge is 2.23. The van der Waals surface area contributed by atoms with E-state index in [1.807, 2.05) is 53.1 Å². The van der Waals surface area contributed by atoms with Crippen LogP contribution >= 0.6 is 11.3 Å². The fourth-order valence-electron chi connectivity index (χ4n) is 5.03. The molecule has 0 unspecified atom stereocenters. The lowest BCUT2D eigenvalue weighted by Crippen LogP contribution is -2.31. The van der Waals surface area contributed by atoms with E-state index in [0.29, 0.717) is 24.4 Å². The standard InChI is InChI=1S/C33H38N6O3S/c1-7-8-13-26-34-28(20(2)3)25(18-27-36-37-31(43-27)33(4,5)6)30(40)39(26)19-21-14-16-22(17-15-21)23-11-9-10-12-24(23)29-35-32(41)42-38-29/h9-12,14-17,20H,7-8,13,18-19H2,1-6H3,(H,35,38,41). The van der Waals surface area contributed by atoms with E-state index in [1.165, 1.54) is 0 Å². The number of nitrogens with zero attached hydrogens (tertiary/aromatic N) is 5. The van der Waals surface area contributed by atoms with E-state index >= 15 is 0 Å². The molecular weight excluding hydrogens is 560 g/mol. The second-order valence-electron chi connectivity index (χ2n) is 12.2. The molecule has 0 saturated carbocycles. The van der Waals surface area contributed by atoms with Crippen LogP contribution in [0.1, 0.15) is 93.0 Å². The van der Waals surface area contributed by atoms with Gasteiger partial charge in [0.15, 0.2) is 5.82 Å². The highest BCUT2D eigenvalue weighted by Crippen LogP contribution is 2.30. The summed E-state index contributed by atoms with van der Waals surface area (Å²) in [6.07, 6.45) is 3.12. The Hall–Kier alpha value is -4.18. The SMILES string of the molecule is CCCCc1nc(C(C)C)c(Cc2nnc(C(C)(C)C)s2)c(=O)n1Cc1ccc(-c2ccccc2-c2noc(=O)[nH]2)cc1. The molecule has 0 fully saturated rings. The van der Waals surface area contributed by atoms with Crippen molar-refractivity contribution in [3.05, 3.63) is 102 Å². The lowest BCUT2D eigenvalue weighted by molar-refractivity contribution is 0.388. The van der Waals surface area contributed by atoms with Crippen molar-refractivity contribution in [3.63, 3.8) is 0 Å². The van der Waals surface area contributed by atoms with Crippen LogP contribution in [0.4, 0.5) is 0 Å². The zero-order valence-electron chi connectivity index (χ0n) is 25.6. The normalized spacial score (nSPS) is 11.9. The summed E-state index contributed by atoms with van der Waals surface area (Å²) in [5, 5.41) is 14.5. The Labute approximate surface area is 255 Å². The van der Waals surface area contributed by atoms with Crippen LogP contribution in [0.2, 0.25) is 0 Å². The summed E-state index contributed by atoms with van der Waals surface area (Å²) in [5.74, 6) is 0.704. The number of aromatic nitrogens is 6. The summed E-state index contributed by atoms with van der Waals surface area (Å²) in [6.45, 7) is 13.1. The number of H-pyrrole nitrogens is 1. The smallest absolute Gasteiger partial charge is 0.296 e. The van der Waals surface area contributed by atoms with Gasteiger partial charge >= 0.3 is 5.76 Å². The van der Waals surface area contributed by atoms with Crippen LogP contribution in [0.25, 0.3) is 22.5 Å². The predicted molar refractivity (Wildman–Crippen MR) is 170 cm³/mol. The Kier molecular flexibility index (Phi) is 8.87. The van der Waals surface area contributed by atoms with Crippen LogP contribution < -0.4 is 11.3 Å². The Morgan fingerprint density at radius 2 is 1.72 bits per heavy atom. The molecule has 5 aromatic rings. The second-order valence-corrected chi connectivity index (χ2v) is 13.2. The van der Waals surface area contributed by atoms with Crippen LogP contribution in [0.5, 0.6) is 0 Å². The molecule has 0 aliphatic carbocycles. The number of unbranched alkanes of at least 4 members (excludes halogenated alkanes) is 1. The van der Waals surface area contributed by atoms with Gasteiger partial charge in [-0.05, 0) is 29.0 Å². The number of hydrogen-bond donors (Lipinski definition) is 1. The van der Waals surface area contributed by atoms with Gasteiger partial charge in [0.1, 0.15) is 15.8 Å². The van der Waals surface area contributed by atoms with Gasteiger partial charge in [-0.15, -0.1) is 21.5 Å². The molecule has 0 atom stereocenters. The van der Waals surface area contributed by atoms with E-state index in [0.717, 1.165) is 63.0 Å². The molecule has 2 aromatic carbocycles. The van der Waals surface area contributed by atoms with Gasteiger partial charge in [-0.2, -0.15) is 0 Å². The number of nitrogens with one attached hydrogen (secondary N) is 1. The Morgan fingerprint density at radius 1 is 1.00 bits per heavy atom. The minimum atomic E-state index is -0.596. The second kappa shape index (κ2) is 12.6. The molecule has 0 aliphatic heterocycles. The third kappa shape index (κ3) is 6.74. The fourth-order valence-corrected chi connectivity index (χ4v) is 5.94. The van der Waals surface area contributed by atoms with E-state index in [4.69, 9.17) is 9.51 Å². The third-order valence-electron chi connectivity index (χ3n) is 7.34. The van der Waals surface area contributed by atoms with Gasteiger partial charge in [0.2, 0.25) is 0 Å². The monoisotopic (exact) mass is 598 g/mol. The highest BCUT2D eigenvalue weighted by atomic mass is 32.1. The fraction of sp³-hybridized carbons (Fsp3) is 0.394. The van der Waals surface area contributed by atoms with Crippen molar-refractivity contribution in [2.24, 2.45) is 0 Å². The Morgan fingerprint density at radius 3 is 2.33 bits per heavy atom. The lowest BCUT2D eigenvalue weighted by atomic mass is 9.98. The van der Waals surface area contributed by atoms with Crippen molar-refractivity contribution in [1.29, 1.82) is 0 Å². The number of aromatic amines is 1. The third-order valence-corrected chi connectivity index (χ3v) is 8.69. The van der Waals surface area contributed by atoms with E-state index < -0.39 is 5.76 Å². The minimum Gasteiger partial charge on any atom is -0.296 e. The van der Waals surface area contributed by atoms with E-state index in [9.17, 15) is 9.59 Å². The molecule has 1 N–H and O–H groups in total. The zero-order valence-corrected chi connectivity index (χ0v) is 26.4. The first-order chi connectivity index (χ1) is 20.5. The molecule has 0 saturated heterocycles. The van der Waals surface area contributed by atoms with Crippen LogP contribution in [0.15, 0.2) is 62.6 Å². The van der Waals surface area contributed by atoms with Gasteiger partial charge in [-0.25, -0.2) is 9.78 Å². The molecule has 3 heterocycles. The topological polar surface area (TPSA) is 120 Å². The molecule has 5 rings (SSSR count). The Balaban J connectivity index is 1.51. The first-order valence-corrected chi connectivity index (χ1v) is 15.6. The van der Waals surface area contributed by atoms with Crippen molar-refractivity contribution in [3.8, 4) is 22.5 Å². The molecule has 3 aromatic heterocycles. The number of rotatable bonds is 10. The van der Waals surface area contributed by atoms with Gasteiger partial charge in [-0.3, -0.25) is 18.9 Å². The average molecular weight is 599 g/mol. The average Bonchev–Trinajstić information content (AvgIpc) is 3.64. The minimum absolute atomic E-state index is 0.0123. The van der Waals surface area contributed by atoms with E-state index in [1.54, 1.807) is 11.3 Å². The van der Waals surface area contributed by atoms with Crippen molar-refractivity contribution in [2.75, 3.05) is 0 Å². The summed E-state index contributed by atoms with van der Waals surface area (Å²) < 4.78 is 6.56. The molecule has 10 heteroatoms. The number of aryl methyl sites for hydroxylation is 1. The molecule has 43 heavy (non-hydrogen) atoms. The lowest BCUT2D eigenvalue weighted by Gasteiger charge is -2.19. The molecule has 0 spiro atoms. The maximum absolute atomic E-state index is 14.2. The highest BCUT2D eigenvalue weighted by molar-refractivity contribution is 7.11. The van der Waals surface area contributed by atoms with Gasteiger partial charge < -0.3 is 0 Å². The molecule has 0 radical (unpaired) electrons. The van der Waals surface area contributed by atoms with Gasteiger partial charge in [-0.1, -0.05) is 102 Å². The van der Waals surface area contributed by atoms with Gasteiger partial charge in [0, 0.05) is 29.4 Å². The number of benzene rings is 2. The maximum Gasteiger partial charge on any atom is 0.439 e. The molecule has 0 aliphatic rings. The molecule has 9 nitrogen and oxygen atoms in total. The molecular formula is C33H38N6O3S. The zero-order chi connectivity index (χ0) is 30.7. The summed E-state index contributed by atoms with van der Waals surface area (Å²) in [6, 6.07) is 15.8. The van der Waals surface area contributed by atoms with Crippen LogP contribution in [-0.2, 0) is 24.8 Å². The largest absolute Gasteiger partial charge is 0.439 e. The first-order valence-electron chi connectivity index (χ1n) is 14.7. The van der Waals surface area contributed by atoms with Crippen LogP contribution in [-0.4, -0.2) is 29.9 Å². The molecule has 224 valence electrons. The summed E-state index contributed by atoms with van der Waals surface area (Å²) in [4.78, 5) is 33.5. The van der Waals surface area contributed by atoms with Crippen LogP contribution in [0, 0.1) is 0 Å². The van der Waals surface area contributed by atoms with Gasteiger partial charge in [0.05, 0.1) is 12.2 Å². The van der Waals surface area contributed by atoms with Gasteiger partial charge in [0.25, 0.3) is 5.56 Å². The predicted octanol–water partition coefficient (Wildman–Crippen LogP) is 6.51. The molecule has 0 amide bonds. The van der Waals surface area contributed by atoms with E-state index in [2.05, 4.69) is 61.9 Å². The molecule has 0 bridgehead atoms. The van der Waals surface area contributed by atoms with Crippen molar-refractivity contribution < 1.29 is 4.52 Å². The summed E-state index contributed by atoms with van der Waals surface area (Å²) in [7, 11) is 0. The summed E-state index contributed by atoms with van der Waals surface area (Å²) >= 11 is 1.56. The summed E-state index contributed by atoms with van der Waals surface area (Å²) in [5.41, 5.74) is 5.06. The number of hydrogen-bond acceptors (Lipinski definition) is 8. The quantitative estimate of drug-likeness (QED) is 0.195. The van der Waals surface area contributed by atoms with E-state index in [-0.39, 0.29) is 16.9 Å². The Bertz CT molecular complexity index is 1820. The first kappa shape index (κ1) is 30.3.